The second-order valence-electron chi connectivity index (χ2n) is 6.70. The number of nitrogens with zero attached hydrogens (tertiary/aromatic N) is 2. The number of aromatic amines is 1. The fourth-order valence-electron chi connectivity index (χ4n) is 3.53. The molecular weight excluding hydrogens is 378 g/mol. The molecule has 1 aromatic carbocycles. The van der Waals surface area contributed by atoms with Crippen molar-refractivity contribution in [3.05, 3.63) is 46.9 Å². The Kier molecular flexibility index (Phi) is 5.85. The van der Waals surface area contributed by atoms with Crippen molar-refractivity contribution in [2.45, 2.75) is 36.6 Å². The fourth-order valence-corrected chi connectivity index (χ4v) is 5.11. The lowest BCUT2D eigenvalue weighted by Gasteiger charge is -2.16. The Labute approximate surface area is 163 Å². The van der Waals surface area contributed by atoms with Crippen LogP contribution >= 0.6 is 0 Å². The minimum Gasteiger partial charge on any atom is -0.384 e. The van der Waals surface area contributed by atoms with Gasteiger partial charge in [-0.15, -0.1) is 0 Å². The Bertz CT molecular complexity index is 1120. The van der Waals surface area contributed by atoms with Crippen LogP contribution < -0.4 is 16.2 Å². The highest BCUT2D eigenvalue weighted by Crippen LogP contribution is 2.34. The van der Waals surface area contributed by atoms with E-state index in [-0.39, 0.29) is 26.5 Å². The van der Waals surface area contributed by atoms with Crippen LogP contribution in [0, 0.1) is 0 Å². The number of fused-ring (bicyclic) bond motifs is 1. The lowest BCUT2D eigenvalue weighted by Crippen LogP contribution is -3.11. The number of H-pyrrole nitrogens is 1. The number of hydrogen-bond acceptors (Lipinski definition) is 5. The summed E-state index contributed by atoms with van der Waals surface area (Å²) in [5, 5.41) is 6.43. The number of aromatic nitrogens is 3. The zero-order valence-electron chi connectivity index (χ0n) is 16.1. The van der Waals surface area contributed by atoms with E-state index < -0.39 is 15.4 Å². The van der Waals surface area contributed by atoms with Crippen molar-refractivity contribution in [3.63, 3.8) is 0 Å². The average Bonchev–Trinajstić information content (AvgIpc) is 2.99. The number of nitrogens with one attached hydrogen (secondary N) is 2. The van der Waals surface area contributed by atoms with Gasteiger partial charge in [0.05, 0.1) is 30.7 Å². The first-order valence-electron chi connectivity index (χ1n) is 9.40. The normalized spacial score (nSPS) is 12.1. The number of quaternary nitrogens is 1. The molecule has 0 aliphatic heterocycles. The Balaban J connectivity index is 2.12. The van der Waals surface area contributed by atoms with Crippen LogP contribution in [0.3, 0.4) is 0 Å². The lowest BCUT2D eigenvalue weighted by molar-refractivity contribution is -0.896. The largest absolute Gasteiger partial charge is 0.384 e. The topological polar surface area (TPSA) is 115 Å². The first-order chi connectivity index (χ1) is 13.4. The number of rotatable bonds is 8. The van der Waals surface area contributed by atoms with E-state index in [2.05, 4.69) is 24.0 Å². The van der Waals surface area contributed by atoms with E-state index in [0.29, 0.717) is 6.54 Å². The van der Waals surface area contributed by atoms with Gasteiger partial charge in [0.25, 0.3) is 5.56 Å². The number of anilines is 1. The molecule has 4 N–H and O–H groups in total. The van der Waals surface area contributed by atoms with Crippen molar-refractivity contribution in [2.75, 3.05) is 25.4 Å². The van der Waals surface area contributed by atoms with Crippen molar-refractivity contribution < 1.29 is 13.3 Å². The van der Waals surface area contributed by atoms with Crippen LogP contribution in [0.2, 0.25) is 0 Å². The van der Waals surface area contributed by atoms with Gasteiger partial charge < -0.3 is 15.2 Å². The number of nitrogen functional groups attached to an aromatic ring is 1. The van der Waals surface area contributed by atoms with E-state index >= 15 is 0 Å². The van der Waals surface area contributed by atoms with Crippen LogP contribution in [0.25, 0.3) is 10.9 Å². The van der Waals surface area contributed by atoms with Gasteiger partial charge in [0.2, 0.25) is 9.84 Å². The zero-order valence-corrected chi connectivity index (χ0v) is 16.9. The second kappa shape index (κ2) is 8.15. The molecule has 0 amide bonds. The van der Waals surface area contributed by atoms with Crippen molar-refractivity contribution in [1.29, 1.82) is 0 Å². The third-order valence-electron chi connectivity index (χ3n) is 5.10. The number of nitrogens with two attached hydrogens (primary N) is 1. The molecular formula is C19H26N5O3S+. The zero-order chi connectivity index (χ0) is 20.3. The van der Waals surface area contributed by atoms with Crippen molar-refractivity contribution >= 4 is 26.6 Å². The summed E-state index contributed by atoms with van der Waals surface area (Å²) in [5.74, 6) is 0.0758. The van der Waals surface area contributed by atoms with Gasteiger partial charge in [0.1, 0.15) is 16.2 Å². The molecule has 2 aromatic heterocycles. The predicted octanol–water partition coefficient (Wildman–Crippen LogP) is 0.454. The van der Waals surface area contributed by atoms with Gasteiger partial charge in [-0.1, -0.05) is 18.2 Å². The Hall–Kier alpha value is -2.65. The highest BCUT2D eigenvalue weighted by atomic mass is 32.2. The van der Waals surface area contributed by atoms with E-state index in [1.807, 2.05) is 0 Å². The van der Waals surface area contributed by atoms with E-state index in [0.717, 1.165) is 26.1 Å². The predicted molar refractivity (Wildman–Crippen MR) is 108 cm³/mol. The summed E-state index contributed by atoms with van der Waals surface area (Å²) in [7, 11) is -3.89. The van der Waals surface area contributed by atoms with Gasteiger partial charge in [-0.2, -0.15) is 5.10 Å². The van der Waals surface area contributed by atoms with E-state index in [1.54, 1.807) is 22.8 Å². The summed E-state index contributed by atoms with van der Waals surface area (Å²) in [6.07, 6.45) is 2.13. The number of hydrogen-bond donors (Lipinski definition) is 3. The van der Waals surface area contributed by atoms with Crippen LogP contribution in [-0.2, 0) is 16.4 Å². The number of sulfone groups is 1. The summed E-state index contributed by atoms with van der Waals surface area (Å²) < 4.78 is 28.1. The van der Waals surface area contributed by atoms with E-state index in [9.17, 15) is 13.2 Å². The minimum absolute atomic E-state index is 0.0533. The van der Waals surface area contributed by atoms with Crippen molar-refractivity contribution in [3.8, 4) is 0 Å². The first kappa shape index (κ1) is 20.1. The second-order valence-corrected chi connectivity index (χ2v) is 8.59. The van der Waals surface area contributed by atoms with Gasteiger partial charge in [-0.05, 0) is 26.0 Å². The molecule has 0 atom stereocenters. The molecule has 0 fully saturated rings. The molecule has 150 valence electrons. The third kappa shape index (κ3) is 3.55. The Morgan fingerprint density at radius 1 is 1.18 bits per heavy atom. The van der Waals surface area contributed by atoms with Crippen LogP contribution in [0.5, 0.6) is 0 Å². The lowest BCUT2D eigenvalue weighted by atomic mass is 10.3. The van der Waals surface area contributed by atoms with E-state index in [1.165, 1.54) is 23.2 Å². The molecule has 8 nitrogen and oxygen atoms in total. The SMILES string of the molecule is CC[NH+](CC)CCCn1c(N)c(S(=O)(=O)c2ccccc2)c2cn[nH]c(=O)c21. The van der Waals surface area contributed by atoms with E-state index in [4.69, 9.17) is 5.73 Å². The third-order valence-corrected chi connectivity index (χ3v) is 6.96. The molecule has 0 saturated carbocycles. The molecule has 3 aromatic rings. The molecule has 0 bridgehead atoms. The summed E-state index contributed by atoms with van der Waals surface area (Å²) in [5.41, 5.74) is 6.08. The monoisotopic (exact) mass is 404 g/mol. The molecule has 0 unspecified atom stereocenters. The summed E-state index contributed by atoms with van der Waals surface area (Å²) >= 11 is 0. The maximum atomic E-state index is 13.2. The molecule has 28 heavy (non-hydrogen) atoms. The number of aryl methyl sites for hydroxylation is 1. The molecule has 0 radical (unpaired) electrons. The molecule has 2 heterocycles. The Morgan fingerprint density at radius 3 is 2.50 bits per heavy atom. The summed E-state index contributed by atoms with van der Waals surface area (Å²) in [6.45, 7) is 7.64. The quantitative estimate of drug-likeness (QED) is 0.504. The standard InChI is InChI=1S/C19H25N5O3S/c1-3-23(4-2)11-8-12-24-16-15(13-21-22-19(16)25)17(18(24)20)28(26,27)14-9-6-5-7-10-14/h5-7,9-10,13H,3-4,8,11-12,20H2,1-2H3,(H,22,25)/p+1. The minimum atomic E-state index is -3.89. The van der Waals surface area contributed by atoms with Crippen molar-refractivity contribution in [2.24, 2.45) is 0 Å². The summed E-state index contributed by atoms with van der Waals surface area (Å²) in [6, 6.07) is 8.08. The van der Waals surface area contributed by atoms with Gasteiger partial charge >= 0.3 is 0 Å². The van der Waals surface area contributed by atoms with Crippen LogP contribution in [0.1, 0.15) is 20.3 Å². The fraction of sp³-hybridized carbons (Fsp3) is 0.368. The first-order valence-corrected chi connectivity index (χ1v) is 10.9. The van der Waals surface area contributed by atoms with Gasteiger partial charge in [0.15, 0.2) is 0 Å². The van der Waals surface area contributed by atoms with Crippen LogP contribution in [-0.4, -0.2) is 42.8 Å². The maximum absolute atomic E-state index is 13.2. The Morgan fingerprint density at radius 2 is 1.86 bits per heavy atom. The summed E-state index contributed by atoms with van der Waals surface area (Å²) in [4.78, 5) is 14.0. The molecule has 9 heteroatoms. The highest BCUT2D eigenvalue weighted by molar-refractivity contribution is 7.92. The molecule has 0 aliphatic carbocycles. The van der Waals surface area contributed by atoms with Crippen LogP contribution in [0.4, 0.5) is 5.82 Å². The van der Waals surface area contributed by atoms with Crippen molar-refractivity contribution in [1.82, 2.24) is 14.8 Å². The molecule has 3 rings (SSSR count). The average molecular weight is 405 g/mol. The smallest absolute Gasteiger partial charge is 0.288 e. The van der Waals surface area contributed by atoms with Gasteiger partial charge in [-0.25, -0.2) is 13.5 Å². The maximum Gasteiger partial charge on any atom is 0.288 e. The number of benzene rings is 1. The molecule has 0 aliphatic rings. The van der Waals surface area contributed by atoms with Crippen LogP contribution in [0.15, 0.2) is 51.1 Å². The molecule has 0 spiro atoms. The van der Waals surface area contributed by atoms with Gasteiger partial charge in [0, 0.05) is 18.4 Å². The highest BCUT2D eigenvalue weighted by Gasteiger charge is 2.29. The molecule has 0 saturated heterocycles. The van der Waals surface area contributed by atoms with Gasteiger partial charge in [-0.3, -0.25) is 4.79 Å².